The van der Waals surface area contributed by atoms with Crippen LogP contribution in [0.25, 0.3) is 0 Å². The molecule has 0 spiro atoms. The molecule has 0 aliphatic heterocycles. The predicted octanol–water partition coefficient (Wildman–Crippen LogP) is 3.31. The van der Waals surface area contributed by atoms with E-state index >= 15 is 0 Å². The van der Waals surface area contributed by atoms with E-state index in [1.807, 2.05) is 19.9 Å². The van der Waals surface area contributed by atoms with E-state index in [0.29, 0.717) is 19.4 Å². The fourth-order valence-electron chi connectivity index (χ4n) is 1.54. The summed E-state index contributed by atoms with van der Waals surface area (Å²) in [6.45, 7) is 6.54. The minimum Gasteiger partial charge on any atom is -0.493 e. The molecule has 2 heteroatoms. The number of benzene rings is 1. The van der Waals surface area contributed by atoms with Crippen LogP contribution in [0.1, 0.15) is 37.8 Å². The number of carbonyl (C=O) groups is 1. The van der Waals surface area contributed by atoms with Crippen molar-refractivity contribution in [1.82, 2.24) is 0 Å². The first-order chi connectivity index (χ1) is 7.67. The Kier molecular flexibility index (Phi) is 5.03. The highest BCUT2D eigenvalue weighted by atomic mass is 16.5. The van der Waals surface area contributed by atoms with E-state index in [1.54, 1.807) is 0 Å². The predicted molar refractivity (Wildman–Crippen MR) is 66.0 cm³/mol. The molecule has 88 valence electrons. The van der Waals surface area contributed by atoms with Gasteiger partial charge < -0.3 is 4.74 Å². The van der Waals surface area contributed by atoms with Crippen molar-refractivity contribution in [2.24, 2.45) is 0 Å². The van der Waals surface area contributed by atoms with Crippen LogP contribution in [-0.4, -0.2) is 12.4 Å². The van der Waals surface area contributed by atoms with Crippen molar-refractivity contribution in [3.05, 3.63) is 29.3 Å². The molecule has 0 N–H and O–H groups in total. The van der Waals surface area contributed by atoms with E-state index in [1.165, 1.54) is 5.56 Å². The summed E-state index contributed by atoms with van der Waals surface area (Å²) in [4.78, 5) is 11.1. The third kappa shape index (κ3) is 3.69. The third-order valence-electron chi connectivity index (χ3n) is 2.68. The Morgan fingerprint density at radius 1 is 1.31 bits per heavy atom. The van der Waals surface area contributed by atoms with E-state index < -0.39 is 0 Å². The Morgan fingerprint density at radius 3 is 2.62 bits per heavy atom. The molecule has 0 saturated carbocycles. The third-order valence-corrected chi connectivity index (χ3v) is 2.68. The molecule has 1 rings (SSSR count). The largest absolute Gasteiger partial charge is 0.493 e. The second-order valence-corrected chi connectivity index (χ2v) is 3.94. The number of carbonyl (C=O) groups excluding carboxylic acids is 1. The van der Waals surface area contributed by atoms with Crippen molar-refractivity contribution in [2.75, 3.05) is 6.61 Å². The summed E-state index contributed by atoms with van der Waals surface area (Å²) in [7, 11) is 0. The lowest BCUT2D eigenvalue weighted by atomic mass is 10.1. The first kappa shape index (κ1) is 12.8. The second kappa shape index (κ2) is 6.31. The fraction of sp³-hybridized carbons (Fsp3) is 0.500. The molecule has 0 unspecified atom stereocenters. The van der Waals surface area contributed by atoms with Crippen molar-refractivity contribution in [2.45, 2.75) is 40.0 Å². The van der Waals surface area contributed by atoms with Crippen molar-refractivity contribution >= 4 is 5.78 Å². The summed E-state index contributed by atoms with van der Waals surface area (Å²) < 4.78 is 5.59. The molecular weight excluding hydrogens is 200 g/mol. The number of hydrogen-bond acceptors (Lipinski definition) is 2. The summed E-state index contributed by atoms with van der Waals surface area (Å²) in [5, 5.41) is 0. The highest BCUT2D eigenvalue weighted by Gasteiger charge is 2.02. The highest BCUT2D eigenvalue weighted by Crippen LogP contribution is 2.19. The van der Waals surface area contributed by atoms with Crippen LogP contribution < -0.4 is 4.74 Å². The van der Waals surface area contributed by atoms with Crippen molar-refractivity contribution in [1.29, 1.82) is 0 Å². The van der Waals surface area contributed by atoms with Crippen LogP contribution in [0.5, 0.6) is 5.75 Å². The summed E-state index contributed by atoms with van der Waals surface area (Å²) in [6, 6.07) is 6.20. The summed E-state index contributed by atoms with van der Waals surface area (Å²) >= 11 is 0. The van der Waals surface area contributed by atoms with E-state index in [0.717, 1.165) is 17.7 Å². The van der Waals surface area contributed by atoms with Crippen LogP contribution >= 0.6 is 0 Å². The van der Waals surface area contributed by atoms with Crippen LogP contribution in [0.2, 0.25) is 0 Å². The minimum atomic E-state index is 0.253. The molecule has 0 bridgehead atoms. The van der Waals surface area contributed by atoms with Gasteiger partial charge in [0.2, 0.25) is 0 Å². The molecule has 0 saturated heterocycles. The number of ether oxygens (including phenoxy) is 1. The molecule has 0 fully saturated rings. The molecule has 0 heterocycles. The van der Waals surface area contributed by atoms with Gasteiger partial charge in [-0.15, -0.1) is 0 Å². The van der Waals surface area contributed by atoms with E-state index in [4.69, 9.17) is 4.74 Å². The molecule has 1 aromatic rings. The van der Waals surface area contributed by atoms with Gasteiger partial charge in [-0.2, -0.15) is 0 Å². The molecule has 0 aliphatic rings. The molecule has 0 radical (unpaired) electrons. The molecule has 0 aliphatic carbocycles. The molecular formula is C14H20O2. The van der Waals surface area contributed by atoms with Gasteiger partial charge in [-0.05, 0) is 30.5 Å². The first-order valence-electron chi connectivity index (χ1n) is 5.91. The van der Waals surface area contributed by atoms with Gasteiger partial charge in [0.05, 0.1) is 6.61 Å². The fourth-order valence-corrected chi connectivity index (χ4v) is 1.54. The Bertz CT molecular complexity index is 356. The molecule has 0 atom stereocenters. The number of Topliss-reactive ketones (excluding diaryl/α,β-unsaturated/α-hetero) is 1. The Morgan fingerprint density at radius 2 is 2.06 bits per heavy atom. The maximum atomic E-state index is 11.1. The van der Waals surface area contributed by atoms with Crippen LogP contribution in [0.15, 0.2) is 18.2 Å². The topological polar surface area (TPSA) is 26.3 Å². The van der Waals surface area contributed by atoms with Gasteiger partial charge in [-0.3, -0.25) is 4.79 Å². The van der Waals surface area contributed by atoms with Crippen LogP contribution in [-0.2, 0) is 11.2 Å². The van der Waals surface area contributed by atoms with Gasteiger partial charge in [-0.25, -0.2) is 0 Å². The Hall–Kier alpha value is -1.31. The standard InChI is InChI=1S/C14H20O2/c1-4-12-6-7-14(11(3)10-12)16-9-8-13(15)5-2/h6-7,10H,4-5,8-9H2,1-3H3. The Labute approximate surface area is 97.6 Å². The van der Waals surface area contributed by atoms with Gasteiger partial charge in [0.25, 0.3) is 0 Å². The van der Waals surface area contributed by atoms with Gasteiger partial charge in [0.15, 0.2) is 0 Å². The highest BCUT2D eigenvalue weighted by molar-refractivity contribution is 5.78. The van der Waals surface area contributed by atoms with Crippen LogP contribution in [0.4, 0.5) is 0 Å². The van der Waals surface area contributed by atoms with Crippen molar-refractivity contribution in [3.8, 4) is 5.75 Å². The number of rotatable bonds is 6. The summed E-state index contributed by atoms with van der Waals surface area (Å²) in [6.07, 6.45) is 2.14. The molecule has 1 aromatic carbocycles. The van der Waals surface area contributed by atoms with Gasteiger partial charge in [-0.1, -0.05) is 26.0 Å². The van der Waals surface area contributed by atoms with E-state index in [2.05, 4.69) is 19.1 Å². The van der Waals surface area contributed by atoms with E-state index in [-0.39, 0.29) is 5.78 Å². The zero-order chi connectivity index (χ0) is 12.0. The smallest absolute Gasteiger partial charge is 0.136 e. The van der Waals surface area contributed by atoms with E-state index in [9.17, 15) is 4.79 Å². The summed E-state index contributed by atoms with van der Waals surface area (Å²) in [5.74, 6) is 1.14. The Balaban J connectivity index is 2.51. The SMILES string of the molecule is CCC(=O)CCOc1ccc(CC)cc1C. The van der Waals surface area contributed by atoms with Crippen LogP contribution in [0.3, 0.4) is 0 Å². The van der Waals surface area contributed by atoms with Gasteiger partial charge >= 0.3 is 0 Å². The number of hydrogen-bond donors (Lipinski definition) is 0. The van der Waals surface area contributed by atoms with Crippen molar-refractivity contribution < 1.29 is 9.53 Å². The average molecular weight is 220 g/mol. The maximum Gasteiger partial charge on any atom is 0.136 e. The maximum absolute atomic E-state index is 11.1. The zero-order valence-electron chi connectivity index (χ0n) is 10.4. The van der Waals surface area contributed by atoms with Crippen LogP contribution in [0, 0.1) is 6.92 Å². The minimum absolute atomic E-state index is 0.253. The van der Waals surface area contributed by atoms with Gasteiger partial charge in [0.1, 0.15) is 11.5 Å². The lowest BCUT2D eigenvalue weighted by Gasteiger charge is -2.09. The molecule has 2 nitrogen and oxygen atoms in total. The normalized spacial score (nSPS) is 10.2. The number of aryl methyl sites for hydroxylation is 2. The molecule has 16 heavy (non-hydrogen) atoms. The monoisotopic (exact) mass is 220 g/mol. The number of ketones is 1. The quantitative estimate of drug-likeness (QED) is 0.735. The average Bonchev–Trinajstić information content (AvgIpc) is 2.30. The van der Waals surface area contributed by atoms with Gasteiger partial charge in [0, 0.05) is 12.8 Å². The summed E-state index contributed by atoms with van der Waals surface area (Å²) in [5.41, 5.74) is 2.46. The lowest BCUT2D eigenvalue weighted by Crippen LogP contribution is -2.05. The first-order valence-corrected chi connectivity index (χ1v) is 5.91. The molecule has 0 aromatic heterocycles. The zero-order valence-corrected chi connectivity index (χ0v) is 10.4. The second-order valence-electron chi connectivity index (χ2n) is 3.94. The van der Waals surface area contributed by atoms with Crippen molar-refractivity contribution in [3.63, 3.8) is 0 Å². The lowest BCUT2D eigenvalue weighted by molar-refractivity contribution is -0.119. The molecule has 0 amide bonds.